The van der Waals surface area contributed by atoms with Crippen LogP contribution < -0.4 is 20.1 Å². The zero-order valence-corrected chi connectivity index (χ0v) is 14.5. The molecule has 1 aliphatic rings. The summed E-state index contributed by atoms with van der Waals surface area (Å²) in [4.78, 5) is 24.1. The van der Waals surface area contributed by atoms with Gasteiger partial charge in [0.15, 0.2) is 0 Å². The van der Waals surface area contributed by atoms with Crippen LogP contribution in [-0.4, -0.2) is 25.2 Å². The van der Waals surface area contributed by atoms with Gasteiger partial charge in [-0.2, -0.15) is 0 Å². The van der Waals surface area contributed by atoms with E-state index in [-0.39, 0.29) is 12.6 Å². The predicted octanol–water partition coefficient (Wildman–Crippen LogP) is 3.60. The van der Waals surface area contributed by atoms with Crippen molar-refractivity contribution < 1.29 is 19.1 Å². The van der Waals surface area contributed by atoms with E-state index in [0.717, 1.165) is 17.7 Å². The number of fused-ring (bicyclic) bond motifs is 1. The minimum atomic E-state index is -0.480. The minimum Gasteiger partial charge on any atom is -0.488 e. The first-order valence-electron chi connectivity index (χ1n) is 8.45. The van der Waals surface area contributed by atoms with Gasteiger partial charge < -0.3 is 20.1 Å². The van der Waals surface area contributed by atoms with Gasteiger partial charge in [-0.1, -0.05) is 31.2 Å². The number of benzene rings is 2. The summed E-state index contributed by atoms with van der Waals surface area (Å²) in [6.07, 6.45) is 2.62. The molecule has 2 N–H and O–H groups in total. The first-order chi connectivity index (χ1) is 12.7. The largest absolute Gasteiger partial charge is 0.488 e. The Bertz CT molecular complexity index is 845. The summed E-state index contributed by atoms with van der Waals surface area (Å²) >= 11 is 0. The van der Waals surface area contributed by atoms with Crippen LogP contribution in [0.15, 0.2) is 54.1 Å². The Morgan fingerprint density at radius 3 is 2.85 bits per heavy atom. The summed E-state index contributed by atoms with van der Waals surface area (Å²) in [6.45, 7) is 2.73. The molecule has 6 nitrogen and oxygen atoms in total. The zero-order valence-electron chi connectivity index (χ0n) is 14.5. The van der Waals surface area contributed by atoms with Crippen LogP contribution in [0.1, 0.15) is 18.9 Å². The van der Waals surface area contributed by atoms with Gasteiger partial charge in [-0.05, 0) is 30.7 Å². The number of amides is 2. The maximum atomic E-state index is 12.4. The molecule has 1 aliphatic heterocycles. The van der Waals surface area contributed by atoms with Crippen LogP contribution in [0.4, 0.5) is 10.5 Å². The van der Waals surface area contributed by atoms with Crippen molar-refractivity contribution in [3.8, 4) is 11.5 Å². The van der Waals surface area contributed by atoms with Gasteiger partial charge in [0.2, 0.25) is 0 Å². The number of ether oxygens (including phenoxy) is 2. The third-order valence-electron chi connectivity index (χ3n) is 3.73. The molecule has 0 atom stereocenters. The maximum absolute atomic E-state index is 12.4. The second kappa shape index (κ2) is 8.20. The van der Waals surface area contributed by atoms with Crippen LogP contribution in [0.2, 0.25) is 0 Å². The van der Waals surface area contributed by atoms with Crippen molar-refractivity contribution in [2.24, 2.45) is 0 Å². The Hall–Kier alpha value is -3.28. The van der Waals surface area contributed by atoms with Crippen LogP contribution >= 0.6 is 0 Å². The predicted molar refractivity (Wildman–Crippen MR) is 99.3 cm³/mol. The highest BCUT2D eigenvalue weighted by Crippen LogP contribution is 2.27. The fourth-order valence-corrected chi connectivity index (χ4v) is 2.46. The van der Waals surface area contributed by atoms with Gasteiger partial charge in [-0.3, -0.25) is 0 Å². The zero-order chi connectivity index (χ0) is 18.4. The molecule has 0 spiro atoms. The Morgan fingerprint density at radius 2 is 2.00 bits per heavy atom. The number of hydrogen-bond donors (Lipinski definition) is 2. The highest BCUT2D eigenvalue weighted by atomic mass is 16.5. The minimum absolute atomic E-state index is 0.160. The molecule has 0 fully saturated rings. The number of nitrogens with one attached hydrogen (secondary N) is 2. The van der Waals surface area contributed by atoms with E-state index >= 15 is 0 Å². The average Bonchev–Trinajstić information content (AvgIpc) is 2.66. The van der Waals surface area contributed by atoms with E-state index in [0.29, 0.717) is 23.6 Å². The van der Waals surface area contributed by atoms with Crippen molar-refractivity contribution in [2.45, 2.75) is 13.3 Å². The molecule has 3 rings (SSSR count). The lowest BCUT2D eigenvalue weighted by molar-refractivity contribution is -0.130. The SMILES string of the molecule is CCCNC(=O)Nc1cccc(OC(=O)C2=Cc3ccccc3OC2)c1. The van der Waals surface area contributed by atoms with Crippen molar-refractivity contribution in [3.63, 3.8) is 0 Å². The van der Waals surface area contributed by atoms with Gasteiger partial charge in [-0.25, -0.2) is 9.59 Å². The van der Waals surface area contributed by atoms with Crippen LogP contribution in [0.25, 0.3) is 6.08 Å². The first kappa shape index (κ1) is 17.5. The average molecular weight is 352 g/mol. The summed E-state index contributed by atoms with van der Waals surface area (Å²) < 4.78 is 11.0. The molecule has 2 aromatic carbocycles. The molecule has 6 heteroatoms. The van der Waals surface area contributed by atoms with E-state index in [1.165, 1.54) is 0 Å². The number of hydrogen-bond acceptors (Lipinski definition) is 4. The van der Waals surface area contributed by atoms with E-state index in [9.17, 15) is 9.59 Å². The first-order valence-corrected chi connectivity index (χ1v) is 8.45. The van der Waals surface area contributed by atoms with Crippen LogP contribution in [0.5, 0.6) is 11.5 Å². The molecule has 134 valence electrons. The van der Waals surface area contributed by atoms with E-state index in [1.54, 1.807) is 30.3 Å². The van der Waals surface area contributed by atoms with Crippen molar-refractivity contribution >= 4 is 23.8 Å². The number of para-hydroxylation sites is 1. The van der Waals surface area contributed by atoms with Gasteiger partial charge in [0.1, 0.15) is 18.1 Å². The molecule has 0 aromatic heterocycles. The molecule has 1 heterocycles. The summed E-state index contributed by atoms with van der Waals surface area (Å²) in [7, 11) is 0. The maximum Gasteiger partial charge on any atom is 0.342 e. The third kappa shape index (κ3) is 4.42. The summed E-state index contributed by atoms with van der Waals surface area (Å²) in [5.74, 6) is 0.614. The van der Waals surface area contributed by atoms with Crippen LogP contribution in [0.3, 0.4) is 0 Å². The molecule has 0 saturated carbocycles. The Morgan fingerprint density at radius 1 is 1.15 bits per heavy atom. The molecule has 2 aromatic rings. The number of urea groups is 1. The molecule has 26 heavy (non-hydrogen) atoms. The Balaban J connectivity index is 1.66. The molecule has 0 radical (unpaired) electrons. The lowest BCUT2D eigenvalue weighted by atomic mass is 10.1. The van der Waals surface area contributed by atoms with E-state index < -0.39 is 5.97 Å². The fraction of sp³-hybridized carbons (Fsp3) is 0.200. The lowest BCUT2D eigenvalue weighted by Crippen LogP contribution is -2.29. The summed E-state index contributed by atoms with van der Waals surface area (Å²) in [5.41, 5.74) is 1.82. The molecule has 0 bridgehead atoms. The number of esters is 1. The van der Waals surface area contributed by atoms with E-state index in [4.69, 9.17) is 9.47 Å². The van der Waals surface area contributed by atoms with Gasteiger partial charge in [0.05, 0.1) is 5.57 Å². The van der Waals surface area contributed by atoms with Gasteiger partial charge in [0.25, 0.3) is 0 Å². The molecule has 0 aliphatic carbocycles. The van der Waals surface area contributed by atoms with Gasteiger partial charge >= 0.3 is 12.0 Å². The van der Waals surface area contributed by atoms with Crippen LogP contribution in [0, 0.1) is 0 Å². The fourth-order valence-electron chi connectivity index (χ4n) is 2.46. The second-order valence-corrected chi connectivity index (χ2v) is 5.79. The number of rotatable bonds is 5. The quantitative estimate of drug-likeness (QED) is 0.637. The van der Waals surface area contributed by atoms with Gasteiger partial charge in [-0.15, -0.1) is 0 Å². The van der Waals surface area contributed by atoms with Crippen molar-refractivity contribution in [2.75, 3.05) is 18.5 Å². The monoisotopic (exact) mass is 352 g/mol. The van der Waals surface area contributed by atoms with E-state index in [1.807, 2.05) is 31.2 Å². The summed E-state index contributed by atoms with van der Waals surface area (Å²) in [5, 5.41) is 5.42. The Labute approximate surface area is 151 Å². The standard InChI is InChI=1S/C20H20N2O4/c1-2-10-21-20(24)22-16-7-5-8-17(12-16)26-19(23)15-11-14-6-3-4-9-18(14)25-13-15/h3-9,11-12H,2,10,13H2,1H3,(H2,21,22,24). The smallest absolute Gasteiger partial charge is 0.342 e. The molecule has 2 amide bonds. The highest BCUT2D eigenvalue weighted by Gasteiger charge is 2.19. The molecule has 0 saturated heterocycles. The number of anilines is 1. The van der Waals surface area contributed by atoms with Crippen molar-refractivity contribution in [3.05, 3.63) is 59.7 Å². The number of carbonyl (C=O) groups excluding carboxylic acids is 2. The third-order valence-corrected chi connectivity index (χ3v) is 3.73. The lowest BCUT2D eigenvalue weighted by Gasteiger charge is -2.17. The summed E-state index contributed by atoms with van der Waals surface area (Å²) in [6, 6.07) is 13.9. The topological polar surface area (TPSA) is 76.7 Å². The normalized spacial score (nSPS) is 12.3. The van der Waals surface area contributed by atoms with E-state index in [2.05, 4.69) is 10.6 Å². The molecular weight excluding hydrogens is 332 g/mol. The highest BCUT2D eigenvalue weighted by molar-refractivity contribution is 5.96. The molecule has 0 unspecified atom stereocenters. The Kier molecular flexibility index (Phi) is 5.53. The van der Waals surface area contributed by atoms with Crippen molar-refractivity contribution in [1.82, 2.24) is 5.32 Å². The molecular formula is C20H20N2O4. The second-order valence-electron chi connectivity index (χ2n) is 5.79. The number of carbonyl (C=O) groups is 2. The van der Waals surface area contributed by atoms with Crippen LogP contribution in [-0.2, 0) is 4.79 Å². The van der Waals surface area contributed by atoms with Crippen molar-refractivity contribution in [1.29, 1.82) is 0 Å². The van der Waals surface area contributed by atoms with Gasteiger partial charge in [0, 0.05) is 23.9 Å².